The van der Waals surface area contributed by atoms with Crippen LogP contribution < -0.4 is 14.8 Å². The van der Waals surface area contributed by atoms with Crippen LogP contribution in [-0.4, -0.2) is 7.11 Å². The van der Waals surface area contributed by atoms with E-state index >= 15 is 0 Å². The van der Waals surface area contributed by atoms with E-state index in [1.165, 1.54) is 3.57 Å². The summed E-state index contributed by atoms with van der Waals surface area (Å²) >= 11 is 2.30. The molecular weight excluding hydrogens is 482 g/mol. The molecule has 4 rings (SSSR count). The van der Waals surface area contributed by atoms with Gasteiger partial charge in [-0.1, -0.05) is 24.3 Å². The number of hydrogen-bond acceptors (Lipinski definition) is 3. The van der Waals surface area contributed by atoms with Crippen molar-refractivity contribution in [2.24, 2.45) is 0 Å². The molecule has 0 radical (unpaired) electrons. The number of rotatable bonds is 4. The minimum absolute atomic E-state index is 0.00896. The molecule has 0 fully saturated rings. The van der Waals surface area contributed by atoms with Crippen molar-refractivity contribution in [2.75, 3.05) is 7.11 Å². The third kappa shape index (κ3) is 3.59. The molecule has 1 aliphatic heterocycles. The number of allylic oxidation sites excluding steroid dienone is 1. The molecule has 1 atom stereocenters. The molecule has 1 aliphatic rings. The van der Waals surface area contributed by atoms with E-state index in [2.05, 4.69) is 59.8 Å². The van der Waals surface area contributed by atoms with Crippen LogP contribution in [0.4, 0.5) is 0 Å². The predicted molar refractivity (Wildman–Crippen MR) is 122 cm³/mol. The molecule has 0 saturated carbocycles. The van der Waals surface area contributed by atoms with Gasteiger partial charge in [0.15, 0.2) is 8.46 Å². The van der Waals surface area contributed by atoms with Crippen LogP contribution in [-0.2, 0) is 4.57 Å². The fourth-order valence-corrected chi connectivity index (χ4v) is 4.20. The lowest BCUT2D eigenvalue weighted by Crippen LogP contribution is -2.17. The number of halogens is 1. The molecule has 1 unspecified atom stereocenters. The van der Waals surface area contributed by atoms with Gasteiger partial charge in [-0.2, -0.15) is 0 Å². The molecule has 0 aliphatic carbocycles. The van der Waals surface area contributed by atoms with Crippen LogP contribution in [0.15, 0.2) is 66.7 Å². The van der Waals surface area contributed by atoms with E-state index in [0.29, 0.717) is 5.30 Å². The molecule has 0 spiro atoms. The number of hydrogen-bond donors (Lipinski definition) is 0. The smallest absolute Gasteiger partial charge is 0.192 e. The maximum absolute atomic E-state index is 11.3. The lowest BCUT2D eigenvalue weighted by Gasteiger charge is -2.31. The number of fused-ring (bicyclic) bond motifs is 1. The number of methoxy groups -OCH3 is 1. The SMILES string of the molecule is COc1cccc(C2=C(C)c3ccc(P=O)cc3OC2c2ccc(I)cc2)c1. The standard InChI is InChI=1S/C23H18IO3P/c1-14-20-11-10-19(28-25)13-21(20)27-23(15-6-8-17(24)9-7-15)22(14)16-4-3-5-18(12-16)26-2/h3-13,23H,1-2H3. The second-order valence-corrected chi connectivity index (χ2v) is 8.54. The Morgan fingerprint density at radius 3 is 2.54 bits per heavy atom. The zero-order valence-corrected chi connectivity index (χ0v) is 18.5. The molecule has 0 bridgehead atoms. The van der Waals surface area contributed by atoms with E-state index in [-0.39, 0.29) is 14.6 Å². The lowest BCUT2D eigenvalue weighted by molar-refractivity contribution is 0.260. The van der Waals surface area contributed by atoms with E-state index in [1.54, 1.807) is 7.11 Å². The van der Waals surface area contributed by atoms with Gasteiger partial charge in [0.25, 0.3) is 0 Å². The molecule has 140 valence electrons. The van der Waals surface area contributed by atoms with E-state index in [0.717, 1.165) is 39.3 Å². The van der Waals surface area contributed by atoms with Crippen molar-refractivity contribution < 1.29 is 14.0 Å². The van der Waals surface area contributed by atoms with Crippen molar-refractivity contribution in [1.82, 2.24) is 0 Å². The quantitative estimate of drug-likeness (QED) is 0.313. The molecule has 28 heavy (non-hydrogen) atoms. The monoisotopic (exact) mass is 500 g/mol. The van der Waals surface area contributed by atoms with E-state index in [4.69, 9.17) is 9.47 Å². The van der Waals surface area contributed by atoms with Crippen LogP contribution in [0.25, 0.3) is 11.1 Å². The van der Waals surface area contributed by atoms with Gasteiger partial charge in [-0.25, -0.2) is 0 Å². The highest BCUT2D eigenvalue weighted by molar-refractivity contribution is 14.1. The van der Waals surface area contributed by atoms with Crippen LogP contribution in [0.2, 0.25) is 0 Å². The van der Waals surface area contributed by atoms with Crippen molar-refractivity contribution in [1.29, 1.82) is 0 Å². The molecule has 5 heteroatoms. The minimum Gasteiger partial charge on any atom is -0.497 e. The van der Waals surface area contributed by atoms with Gasteiger partial charge in [0.2, 0.25) is 0 Å². The molecule has 0 N–H and O–H groups in total. The Kier molecular flexibility index (Phi) is 5.51. The van der Waals surface area contributed by atoms with Crippen molar-refractivity contribution in [3.05, 3.63) is 87.0 Å². The summed E-state index contributed by atoms with van der Waals surface area (Å²) in [5, 5.41) is 0.706. The first-order chi connectivity index (χ1) is 13.6. The highest BCUT2D eigenvalue weighted by Crippen LogP contribution is 2.46. The third-order valence-electron chi connectivity index (χ3n) is 4.94. The highest BCUT2D eigenvalue weighted by Gasteiger charge is 2.29. The molecule has 0 amide bonds. The summed E-state index contributed by atoms with van der Waals surface area (Å²) in [7, 11) is 1.66. The normalized spacial score (nSPS) is 15.9. The summed E-state index contributed by atoms with van der Waals surface area (Å²) in [4.78, 5) is 0. The fourth-order valence-electron chi connectivity index (χ4n) is 3.53. The Balaban J connectivity index is 1.93. The Labute approximate surface area is 179 Å². The Morgan fingerprint density at radius 2 is 1.82 bits per heavy atom. The van der Waals surface area contributed by atoms with Crippen LogP contribution >= 0.6 is 31.1 Å². The van der Waals surface area contributed by atoms with Crippen LogP contribution in [0.5, 0.6) is 11.5 Å². The van der Waals surface area contributed by atoms with Gasteiger partial charge in [0.1, 0.15) is 17.6 Å². The predicted octanol–water partition coefficient (Wildman–Crippen LogP) is 6.28. The lowest BCUT2D eigenvalue weighted by atomic mass is 9.86. The second kappa shape index (κ2) is 8.06. The van der Waals surface area contributed by atoms with Gasteiger partial charge in [0, 0.05) is 20.0 Å². The van der Waals surface area contributed by atoms with Gasteiger partial charge >= 0.3 is 0 Å². The van der Waals surface area contributed by atoms with Crippen LogP contribution in [0, 0.1) is 3.57 Å². The summed E-state index contributed by atoms with van der Waals surface area (Å²) in [5.41, 5.74) is 5.42. The van der Waals surface area contributed by atoms with Gasteiger partial charge in [-0.3, -0.25) is 4.57 Å². The molecule has 1 heterocycles. The summed E-state index contributed by atoms with van der Waals surface area (Å²) < 4.78 is 24.4. The van der Waals surface area contributed by atoms with Gasteiger partial charge in [-0.15, -0.1) is 0 Å². The summed E-state index contributed by atoms with van der Waals surface area (Å²) in [6.45, 7) is 2.12. The second-order valence-electron chi connectivity index (χ2n) is 6.59. The van der Waals surface area contributed by atoms with Gasteiger partial charge < -0.3 is 9.47 Å². The highest BCUT2D eigenvalue weighted by atomic mass is 127. The third-order valence-corrected chi connectivity index (χ3v) is 6.15. The maximum atomic E-state index is 11.3. The van der Waals surface area contributed by atoms with Gasteiger partial charge in [0.05, 0.1) is 7.11 Å². The maximum Gasteiger partial charge on any atom is 0.192 e. The van der Waals surface area contributed by atoms with Crippen molar-refractivity contribution in [3.8, 4) is 11.5 Å². The first kappa shape index (κ1) is 19.2. The molecule has 0 saturated heterocycles. The molecule has 3 aromatic rings. The largest absolute Gasteiger partial charge is 0.497 e. The Morgan fingerprint density at radius 1 is 1.04 bits per heavy atom. The summed E-state index contributed by atoms with van der Waals surface area (Å²) in [6, 6.07) is 22.1. The summed E-state index contributed by atoms with van der Waals surface area (Å²) in [6.07, 6.45) is -0.254. The topological polar surface area (TPSA) is 35.5 Å². The van der Waals surface area contributed by atoms with Crippen molar-refractivity contribution in [3.63, 3.8) is 0 Å². The average Bonchev–Trinajstić information content (AvgIpc) is 2.73. The van der Waals surface area contributed by atoms with Crippen LogP contribution in [0.3, 0.4) is 0 Å². The first-order valence-electron chi connectivity index (χ1n) is 8.86. The number of ether oxygens (including phenoxy) is 2. The van der Waals surface area contributed by atoms with Gasteiger partial charge in [-0.05, 0) is 88.7 Å². The first-order valence-corrected chi connectivity index (χ1v) is 10.7. The number of benzene rings is 3. The molecule has 3 nitrogen and oxygen atoms in total. The van der Waals surface area contributed by atoms with Crippen molar-refractivity contribution >= 4 is 47.5 Å². The molecule has 3 aromatic carbocycles. The molecule has 0 aromatic heterocycles. The Hall–Kier alpha value is -2.17. The van der Waals surface area contributed by atoms with Crippen LogP contribution in [0.1, 0.15) is 29.7 Å². The summed E-state index contributed by atoms with van der Waals surface area (Å²) in [5.74, 6) is 1.57. The molecular formula is C23H18IO3P. The zero-order chi connectivity index (χ0) is 19.7. The minimum atomic E-state index is -0.254. The van der Waals surface area contributed by atoms with E-state index < -0.39 is 0 Å². The zero-order valence-electron chi connectivity index (χ0n) is 15.5. The fraction of sp³-hybridized carbons (Fsp3) is 0.130. The Bertz CT molecular complexity index is 1070. The van der Waals surface area contributed by atoms with Crippen molar-refractivity contribution in [2.45, 2.75) is 13.0 Å². The van der Waals surface area contributed by atoms with E-state index in [9.17, 15) is 4.57 Å². The average molecular weight is 500 g/mol. The van der Waals surface area contributed by atoms with E-state index in [1.807, 2.05) is 36.4 Å².